The Morgan fingerprint density at radius 1 is 1.29 bits per heavy atom. The molecule has 5 heteroatoms. The minimum absolute atomic E-state index is 0.0387. The van der Waals surface area contributed by atoms with Gasteiger partial charge in [-0.3, -0.25) is 9.69 Å². The van der Waals surface area contributed by atoms with E-state index in [9.17, 15) is 9.18 Å². The van der Waals surface area contributed by atoms with E-state index in [-0.39, 0.29) is 24.3 Å². The van der Waals surface area contributed by atoms with Crippen molar-refractivity contribution >= 4 is 5.91 Å². The topological polar surface area (TPSA) is 35.6 Å². The van der Waals surface area contributed by atoms with Gasteiger partial charge in [0.15, 0.2) is 0 Å². The molecule has 1 aromatic carbocycles. The molecule has 0 radical (unpaired) electrons. The summed E-state index contributed by atoms with van der Waals surface area (Å²) in [5.74, 6) is -0.315. The third-order valence-electron chi connectivity index (χ3n) is 4.19. The lowest BCUT2D eigenvalue weighted by atomic mass is 10.2. The van der Waals surface area contributed by atoms with Crippen LogP contribution in [-0.2, 0) is 11.3 Å². The lowest BCUT2D eigenvalue weighted by Gasteiger charge is -2.36. The predicted octanol–water partition coefficient (Wildman–Crippen LogP) is 1.47. The Labute approximate surface area is 125 Å². The maximum atomic E-state index is 13.5. The fraction of sp³-hybridized carbons (Fsp3) is 0.562. The number of rotatable bonds is 5. The highest BCUT2D eigenvalue weighted by Gasteiger charge is 2.24. The fourth-order valence-corrected chi connectivity index (χ4v) is 2.60. The highest BCUT2D eigenvalue weighted by Crippen LogP contribution is 2.08. The molecule has 1 saturated heterocycles. The number of hydrogen-bond donors (Lipinski definition) is 1. The first-order valence-corrected chi connectivity index (χ1v) is 7.59. The van der Waals surface area contributed by atoms with Gasteiger partial charge in [0.25, 0.3) is 0 Å². The van der Waals surface area contributed by atoms with Crippen LogP contribution in [0.1, 0.15) is 19.4 Å². The van der Waals surface area contributed by atoms with E-state index in [0.29, 0.717) is 5.56 Å². The summed E-state index contributed by atoms with van der Waals surface area (Å²) < 4.78 is 13.5. The Morgan fingerprint density at radius 3 is 2.57 bits per heavy atom. The van der Waals surface area contributed by atoms with E-state index in [1.807, 2.05) is 6.92 Å². The molecule has 1 aromatic rings. The second-order valence-electron chi connectivity index (χ2n) is 5.46. The molecule has 2 rings (SSSR count). The van der Waals surface area contributed by atoms with E-state index in [1.54, 1.807) is 18.2 Å². The molecule has 0 aliphatic carbocycles. The summed E-state index contributed by atoms with van der Waals surface area (Å²) in [6, 6.07) is 6.36. The van der Waals surface area contributed by atoms with E-state index >= 15 is 0 Å². The van der Waals surface area contributed by atoms with Gasteiger partial charge in [-0.1, -0.05) is 25.1 Å². The van der Waals surface area contributed by atoms with E-state index in [4.69, 9.17) is 0 Å². The molecule has 0 bridgehead atoms. The van der Waals surface area contributed by atoms with Crippen LogP contribution in [0.25, 0.3) is 0 Å². The highest BCUT2D eigenvalue weighted by atomic mass is 19.1. The molecule has 1 aliphatic heterocycles. The zero-order chi connectivity index (χ0) is 15.2. The minimum Gasteiger partial charge on any atom is -0.351 e. The van der Waals surface area contributed by atoms with Gasteiger partial charge in [0.1, 0.15) is 5.82 Å². The van der Waals surface area contributed by atoms with Gasteiger partial charge in [-0.05, 0) is 19.5 Å². The summed E-state index contributed by atoms with van der Waals surface area (Å²) in [6.07, 6.45) is 0. The largest absolute Gasteiger partial charge is 0.351 e. The number of amides is 1. The Kier molecular flexibility index (Phi) is 5.70. The number of benzene rings is 1. The SMILES string of the molecule is CCN1CCN(C(C)C(=O)NCc2ccccc2F)CC1. The summed E-state index contributed by atoms with van der Waals surface area (Å²) in [7, 11) is 0. The molecule has 4 nitrogen and oxygen atoms in total. The van der Waals surface area contributed by atoms with Gasteiger partial charge >= 0.3 is 0 Å². The molecule has 0 spiro atoms. The molecule has 0 aromatic heterocycles. The van der Waals surface area contributed by atoms with Crippen molar-refractivity contribution in [1.29, 1.82) is 0 Å². The van der Waals surface area contributed by atoms with Crippen molar-refractivity contribution in [2.45, 2.75) is 26.4 Å². The van der Waals surface area contributed by atoms with Crippen LogP contribution in [0.3, 0.4) is 0 Å². The van der Waals surface area contributed by atoms with Crippen LogP contribution >= 0.6 is 0 Å². The molecule has 21 heavy (non-hydrogen) atoms. The lowest BCUT2D eigenvalue weighted by Crippen LogP contribution is -2.53. The van der Waals surface area contributed by atoms with Gasteiger partial charge in [0.2, 0.25) is 5.91 Å². The average molecular weight is 293 g/mol. The number of halogens is 1. The first kappa shape index (κ1) is 15.9. The van der Waals surface area contributed by atoms with Gasteiger partial charge in [-0.2, -0.15) is 0 Å². The average Bonchev–Trinajstić information content (AvgIpc) is 2.53. The summed E-state index contributed by atoms with van der Waals surface area (Å²) in [5.41, 5.74) is 0.522. The summed E-state index contributed by atoms with van der Waals surface area (Å²) in [6.45, 7) is 9.18. The second-order valence-corrected chi connectivity index (χ2v) is 5.46. The van der Waals surface area contributed by atoms with Crippen molar-refractivity contribution < 1.29 is 9.18 Å². The maximum Gasteiger partial charge on any atom is 0.237 e. The summed E-state index contributed by atoms with van der Waals surface area (Å²) in [4.78, 5) is 16.7. The number of nitrogens with zero attached hydrogens (tertiary/aromatic N) is 2. The Bertz CT molecular complexity index is 472. The normalized spacial score (nSPS) is 18.4. The lowest BCUT2D eigenvalue weighted by molar-refractivity contribution is -0.126. The zero-order valence-corrected chi connectivity index (χ0v) is 12.8. The summed E-state index contributed by atoms with van der Waals surface area (Å²) >= 11 is 0. The number of carbonyl (C=O) groups excluding carboxylic acids is 1. The van der Waals surface area contributed by atoms with Gasteiger partial charge < -0.3 is 10.2 Å². The van der Waals surface area contributed by atoms with Gasteiger partial charge in [0, 0.05) is 38.3 Å². The van der Waals surface area contributed by atoms with Crippen molar-refractivity contribution in [3.63, 3.8) is 0 Å². The van der Waals surface area contributed by atoms with Crippen LogP contribution in [-0.4, -0.2) is 54.5 Å². The second kappa shape index (κ2) is 7.52. The smallest absolute Gasteiger partial charge is 0.237 e. The maximum absolute atomic E-state index is 13.5. The van der Waals surface area contributed by atoms with Crippen LogP contribution in [0.5, 0.6) is 0 Å². The van der Waals surface area contributed by atoms with Crippen molar-refractivity contribution in [3.05, 3.63) is 35.6 Å². The predicted molar refractivity (Wildman–Crippen MR) is 81.4 cm³/mol. The zero-order valence-electron chi connectivity index (χ0n) is 12.8. The van der Waals surface area contributed by atoms with Crippen molar-refractivity contribution in [1.82, 2.24) is 15.1 Å². The molecule has 1 unspecified atom stereocenters. The molecule has 1 heterocycles. The summed E-state index contributed by atoms with van der Waals surface area (Å²) in [5, 5.41) is 2.83. The molecular weight excluding hydrogens is 269 g/mol. The van der Waals surface area contributed by atoms with Gasteiger partial charge in [-0.25, -0.2) is 4.39 Å². The van der Waals surface area contributed by atoms with E-state index in [2.05, 4.69) is 22.0 Å². The van der Waals surface area contributed by atoms with Crippen LogP contribution in [0.2, 0.25) is 0 Å². The fourth-order valence-electron chi connectivity index (χ4n) is 2.60. The van der Waals surface area contributed by atoms with Crippen molar-refractivity contribution in [2.75, 3.05) is 32.7 Å². The van der Waals surface area contributed by atoms with E-state index in [1.165, 1.54) is 6.07 Å². The Morgan fingerprint density at radius 2 is 1.95 bits per heavy atom. The quantitative estimate of drug-likeness (QED) is 0.893. The van der Waals surface area contributed by atoms with Crippen LogP contribution in [0, 0.1) is 5.82 Å². The molecule has 0 saturated carbocycles. The van der Waals surface area contributed by atoms with Crippen LogP contribution in [0.4, 0.5) is 4.39 Å². The molecule has 116 valence electrons. The number of hydrogen-bond acceptors (Lipinski definition) is 3. The number of likely N-dealkylation sites (N-methyl/N-ethyl adjacent to an activating group) is 1. The standard InChI is InChI=1S/C16H24FN3O/c1-3-19-8-10-20(11-9-19)13(2)16(21)18-12-14-6-4-5-7-15(14)17/h4-7,13H,3,8-12H2,1-2H3,(H,18,21). The number of carbonyl (C=O) groups is 1. The van der Waals surface area contributed by atoms with Crippen molar-refractivity contribution in [3.8, 4) is 0 Å². The molecular formula is C16H24FN3O. The van der Waals surface area contributed by atoms with Crippen LogP contribution in [0.15, 0.2) is 24.3 Å². The third-order valence-corrected chi connectivity index (χ3v) is 4.19. The van der Waals surface area contributed by atoms with Gasteiger partial charge in [0.05, 0.1) is 6.04 Å². The van der Waals surface area contributed by atoms with E-state index < -0.39 is 0 Å². The Balaban J connectivity index is 1.82. The van der Waals surface area contributed by atoms with Crippen molar-refractivity contribution in [2.24, 2.45) is 0 Å². The first-order chi connectivity index (χ1) is 10.1. The molecule has 1 N–H and O–H groups in total. The molecule has 1 atom stereocenters. The monoisotopic (exact) mass is 293 g/mol. The third kappa shape index (κ3) is 4.25. The first-order valence-electron chi connectivity index (χ1n) is 7.59. The highest BCUT2D eigenvalue weighted by molar-refractivity contribution is 5.81. The minimum atomic E-state index is -0.276. The number of piperazine rings is 1. The number of nitrogens with one attached hydrogen (secondary N) is 1. The van der Waals surface area contributed by atoms with Crippen LogP contribution < -0.4 is 5.32 Å². The molecule has 1 fully saturated rings. The van der Waals surface area contributed by atoms with Gasteiger partial charge in [-0.15, -0.1) is 0 Å². The molecule has 1 aliphatic rings. The molecule has 1 amide bonds. The Hall–Kier alpha value is -1.46. The van der Waals surface area contributed by atoms with E-state index in [0.717, 1.165) is 32.7 Å².